The van der Waals surface area contributed by atoms with Gasteiger partial charge < -0.3 is 10.3 Å². The number of aromatic nitrogens is 1. The van der Waals surface area contributed by atoms with Gasteiger partial charge in [0.05, 0.1) is 5.52 Å². The average Bonchev–Trinajstić information content (AvgIpc) is 2.44. The van der Waals surface area contributed by atoms with Crippen LogP contribution in [0, 0.1) is 6.92 Å². The van der Waals surface area contributed by atoms with E-state index in [4.69, 9.17) is 5.73 Å². The number of fused-ring (bicyclic) bond motifs is 1. The fraction of sp³-hybridized carbons (Fsp3) is 0.118. The van der Waals surface area contributed by atoms with Crippen LogP contribution >= 0.6 is 0 Å². The number of aryl methyl sites for hydroxylation is 2. The molecule has 100 valence electrons. The number of nitrogen functional groups attached to an aromatic ring is 1. The third-order valence-electron chi connectivity index (χ3n) is 3.61. The molecule has 0 aliphatic rings. The van der Waals surface area contributed by atoms with Gasteiger partial charge in [0, 0.05) is 18.3 Å². The fourth-order valence-corrected chi connectivity index (χ4v) is 2.42. The Bertz CT molecular complexity index is 845. The Hall–Kier alpha value is -2.55. The summed E-state index contributed by atoms with van der Waals surface area (Å²) in [7, 11) is 1.78. The van der Waals surface area contributed by atoms with Crippen LogP contribution in [0.3, 0.4) is 0 Å². The van der Waals surface area contributed by atoms with Gasteiger partial charge in [0.25, 0.3) is 5.56 Å². The molecule has 0 atom stereocenters. The van der Waals surface area contributed by atoms with E-state index in [0.717, 1.165) is 16.5 Å². The predicted molar refractivity (Wildman–Crippen MR) is 83.8 cm³/mol. The topological polar surface area (TPSA) is 48.0 Å². The molecule has 20 heavy (non-hydrogen) atoms. The highest BCUT2D eigenvalue weighted by Gasteiger charge is 2.08. The van der Waals surface area contributed by atoms with Crippen LogP contribution in [-0.2, 0) is 7.05 Å². The van der Waals surface area contributed by atoms with Crippen LogP contribution in [0.1, 0.15) is 5.56 Å². The highest BCUT2D eigenvalue weighted by molar-refractivity contribution is 5.86. The summed E-state index contributed by atoms with van der Waals surface area (Å²) in [5.74, 6) is 0. The average molecular weight is 264 g/mol. The zero-order valence-electron chi connectivity index (χ0n) is 11.6. The van der Waals surface area contributed by atoms with Crippen molar-refractivity contribution in [2.75, 3.05) is 5.73 Å². The third kappa shape index (κ3) is 1.97. The van der Waals surface area contributed by atoms with Crippen molar-refractivity contribution >= 4 is 16.6 Å². The van der Waals surface area contributed by atoms with Crippen molar-refractivity contribution < 1.29 is 0 Å². The van der Waals surface area contributed by atoms with Gasteiger partial charge in [-0.25, -0.2) is 0 Å². The summed E-state index contributed by atoms with van der Waals surface area (Å²) in [5.41, 5.74) is 10.1. The van der Waals surface area contributed by atoms with Gasteiger partial charge in [-0.2, -0.15) is 0 Å². The molecule has 3 nitrogen and oxygen atoms in total. The summed E-state index contributed by atoms with van der Waals surface area (Å²) in [6.45, 7) is 2.03. The molecular formula is C17H16N2O. The smallest absolute Gasteiger partial charge is 0.258 e. The summed E-state index contributed by atoms with van der Waals surface area (Å²) >= 11 is 0. The monoisotopic (exact) mass is 264 g/mol. The first-order chi connectivity index (χ1) is 9.56. The first-order valence-electron chi connectivity index (χ1n) is 6.52. The number of hydrogen-bond donors (Lipinski definition) is 1. The molecule has 0 spiro atoms. The molecule has 3 heteroatoms. The van der Waals surface area contributed by atoms with Gasteiger partial charge in [0.15, 0.2) is 0 Å². The van der Waals surface area contributed by atoms with Crippen LogP contribution in [0.2, 0.25) is 0 Å². The molecule has 2 aromatic carbocycles. The van der Waals surface area contributed by atoms with Gasteiger partial charge in [0.2, 0.25) is 0 Å². The van der Waals surface area contributed by atoms with Crippen LogP contribution in [0.5, 0.6) is 0 Å². The van der Waals surface area contributed by atoms with E-state index in [2.05, 4.69) is 0 Å². The number of rotatable bonds is 1. The van der Waals surface area contributed by atoms with Crippen LogP contribution in [-0.4, -0.2) is 4.57 Å². The summed E-state index contributed by atoms with van der Waals surface area (Å²) in [6, 6.07) is 15.6. The minimum absolute atomic E-state index is 0.00745. The van der Waals surface area contributed by atoms with Crippen molar-refractivity contribution in [2.45, 2.75) is 6.92 Å². The molecular weight excluding hydrogens is 248 g/mol. The van der Waals surface area contributed by atoms with E-state index < -0.39 is 0 Å². The van der Waals surface area contributed by atoms with Gasteiger partial charge in [-0.05, 0) is 36.1 Å². The molecule has 2 N–H and O–H groups in total. The van der Waals surface area contributed by atoms with E-state index in [1.54, 1.807) is 11.6 Å². The van der Waals surface area contributed by atoms with Gasteiger partial charge in [-0.1, -0.05) is 35.9 Å². The molecule has 0 amide bonds. The first kappa shape index (κ1) is 12.5. The predicted octanol–water partition coefficient (Wildman–Crippen LogP) is 3.10. The Morgan fingerprint density at radius 3 is 2.40 bits per heavy atom. The number of hydrogen-bond acceptors (Lipinski definition) is 2. The normalized spacial score (nSPS) is 10.9. The Labute approximate surface area is 117 Å². The lowest BCUT2D eigenvalue weighted by atomic mass is 10.0. The highest BCUT2D eigenvalue weighted by Crippen LogP contribution is 2.22. The van der Waals surface area contributed by atoms with E-state index in [-0.39, 0.29) is 5.56 Å². The highest BCUT2D eigenvalue weighted by atomic mass is 16.1. The fourth-order valence-electron chi connectivity index (χ4n) is 2.42. The molecule has 1 heterocycles. The maximum atomic E-state index is 12.5. The second-order valence-electron chi connectivity index (χ2n) is 5.11. The second kappa shape index (κ2) is 4.53. The van der Waals surface area contributed by atoms with Gasteiger partial charge in [-0.15, -0.1) is 0 Å². The second-order valence-corrected chi connectivity index (χ2v) is 5.11. The number of benzene rings is 2. The molecule has 1 aromatic heterocycles. The Morgan fingerprint density at radius 2 is 1.70 bits per heavy atom. The minimum Gasteiger partial charge on any atom is -0.399 e. The quantitative estimate of drug-likeness (QED) is 0.686. The van der Waals surface area contributed by atoms with Crippen molar-refractivity contribution in [1.29, 1.82) is 0 Å². The number of anilines is 1. The number of pyridine rings is 1. The van der Waals surface area contributed by atoms with Gasteiger partial charge in [-0.3, -0.25) is 4.79 Å². The van der Waals surface area contributed by atoms with Crippen molar-refractivity contribution in [1.82, 2.24) is 4.57 Å². The Balaban J connectivity index is 2.32. The molecule has 0 unspecified atom stereocenters. The van der Waals surface area contributed by atoms with Crippen molar-refractivity contribution in [3.8, 4) is 11.1 Å². The molecule has 0 aliphatic heterocycles. The lowest BCUT2D eigenvalue weighted by Gasteiger charge is -2.10. The molecule has 0 bridgehead atoms. The molecule has 0 saturated carbocycles. The molecule has 0 aliphatic carbocycles. The zero-order chi connectivity index (χ0) is 14.3. The summed E-state index contributed by atoms with van der Waals surface area (Å²) in [5, 5.41) is 1.01. The molecule has 0 radical (unpaired) electrons. The zero-order valence-corrected chi connectivity index (χ0v) is 11.6. The standard InChI is InChI=1S/C17H16N2O/c1-11-3-5-12(6-4-11)15-9-13-7-8-14(18)10-16(13)19(2)17(15)20/h3-10H,18H2,1-2H3. The van der Waals surface area contributed by atoms with Crippen molar-refractivity contribution in [3.05, 3.63) is 64.4 Å². The number of nitrogens with zero attached hydrogens (tertiary/aromatic N) is 1. The van der Waals surface area contributed by atoms with Crippen LogP contribution in [0.15, 0.2) is 53.3 Å². The van der Waals surface area contributed by atoms with Crippen LogP contribution < -0.4 is 11.3 Å². The largest absolute Gasteiger partial charge is 0.399 e. The lowest BCUT2D eigenvalue weighted by molar-refractivity contribution is 0.909. The van der Waals surface area contributed by atoms with E-state index in [9.17, 15) is 4.79 Å². The number of nitrogens with two attached hydrogens (primary N) is 1. The van der Waals surface area contributed by atoms with E-state index in [0.29, 0.717) is 11.3 Å². The van der Waals surface area contributed by atoms with Crippen LogP contribution in [0.4, 0.5) is 5.69 Å². The van der Waals surface area contributed by atoms with Crippen molar-refractivity contribution in [2.24, 2.45) is 7.05 Å². The Morgan fingerprint density at radius 1 is 1.00 bits per heavy atom. The molecule has 3 aromatic rings. The van der Waals surface area contributed by atoms with Crippen LogP contribution in [0.25, 0.3) is 22.0 Å². The minimum atomic E-state index is -0.00745. The molecule has 3 rings (SSSR count). The lowest BCUT2D eigenvalue weighted by Crippen LogP contribution is -2.19. The summed E-state index contributed by atoms with van der Waals surface area (Å²) < 4.78 is 1.65. The maximum absolute atomic E-state index is 12.5. The molecule has 0 saturated heterocycles. The van der Waals surface area contributed by atoms with Crippen molar-refractivity contribution in [3.63, 3.8) is 0 Å². The Kier molecular flexibility index (Phi) is 2.83. The summed E-state index contributed by atoms with van der Waals surface area (Å²) in [6.07, 6.45) is 0. The van der Waals surface area contributed by atoms with E-state index in [1.165, 1.54) is 5.56 Å². The van der Waals surface area contributed by atoms with Gasteiger partial charge in [0.1, 0.15) is 0 Å². The maximum Gasteiger partial charge on any atom is 0.258 e. The van der Waals surface area contributed by atoms with E-state index >= 15 is 0 Å². The van der Waals surface area contributed by atoms with E-state index in [1.807, 2.05) is 55.5 Å². The summed E-state index contributed by atoms with van der Waals surface area (Å²) in [4.78, 5) is 12.5. The van der Waals surface area contributed by atoms with Gasteiger partial charge >= 0.3 is 0 Å². The third-order valence-corrected chi connectivity index (χ3v) is 3.61. The SMILES string of the molecule is Cc1ccc(-c2cc3ccc(N)cc3n(C)c2=O)cc1. The first-order valence-corrected chi connectivity index (χ1v) is 6.52. The molecule has 0 fully saturated rings.